The van der Waals surface area contributed by atoms with Crippen molar-refractivity contribution in [2.75, 3.05) is 6.54 Å². The Balaban J connectivity index is 1.85. The highest BCUT2D eigenvalue weighted by Crippen LogP contribution is 2.35. The molecule has 1 amide bonds. The molecule has 1 atom stereocenters. The van der Waals surface area contributed by atoms with E-state index in [0.717, 1.165) is 4.68 Å². The van der Waals surface area contributed by atoms with Crippen molar-refractivity contribution in [2.45, 2.75) is 46.5 Å². The van der Waals surface area contributed by atoms with Gasteiger partial charge in [0.15, 0.2) is 5.69 Å². The SMILES string of the molecule is Cc1cc([N+](=O)[O-])nn1CC(C)C(=O)NCCCn1nc(C(F)(F)F)c(Cl)c1C. The van der Waals surface area contributed by atoms with Crippen LogP contribution in [-0.2, 0) is 24.1 Å². The lowest BCUT2D eigenvalue weighted by molar-refractivity contribution is -0.389. The van der Waals surface area contributed by atoms with Crippen LogP contribution in [0.5, 0.6) is 0 Å². The van der Waals surface area contributed by atoms with Gasteiger partial charge in [-0.3, -0.25) is 9.48 Å². The highest BCUT2D eigenvalue weighted by atomic mass is 35.5. The predicted octanol–water partition coefficient (Wildman–Crippen LogP) is 3.12. The Labute approximate surface area is 169 Å². The Morgan fingerprint density at radius 1 is 1.34 bits per heavy atom. The van der Waals surface area contributed by atoms with E-state index in [1.807, 2.05) is 0 Å². The van der Waals surface area contributed by atoms with Crippen LogP contribution in [0, 0.1) is 29.9 Å². The quantitative estimate of drug-likeness (QED) is 0.388. The number of nitro groups is 1. The zero-order chi connectivity index (χ0) is 21.9. The summed E-state index contributed by atoms with van der Waals surface area (Å²) in [7, 11) is 0. The van der Waals surface area contributed by atoms with Gasteiger partial charge in [-0.1, -0.05) is 18.5 Å². The lowest BCUT2D eigenvalue weighted by Crippen LogP contribution is -2.33. The number of carbonyl (C=O) groups excluding carboxylic acids is 1. The lowest BCUT2D eigenvalue weighted by atomic mass is 10.1. The number of carbonyl (C=O) groups is 1. The Bertz CT molecular complexity index is 909. The number of nitrogens with zero attached hydrogens (tertiary/aromatic N) is 5. The van der Waals surface area contributed by atoms with E-state index >= 15 is 0 Å². The third-order valence-electron chi connectivity index (χ3n) is 4.30. The summed E-state index contributed by atoms with van der Waals surface area (Å²) in [6.07, 6.45) is -4.28. The minimum absolute atomic E-state index is 0.154. The first-order chi connectivity index (χ1) is 13.4. The summed E-state index contributed by atoms with van der Waals surface area (Å²) in [6, 6.07) is 1.32. The molecule has 0 radical (unpaired) electrons. The Morgan fingerprint density at radius 3 is 2.52 bits per heavy atom. The Hall–Kier alpha value is -2.63. The number of hydrogen-bond donors (Lipinski definition) is 1. The number of nitrogens with one attached hydrogen (secondary N) is 1. The van der Waals surface area contributed by atoms with Crippen molar-refractivity contribution >= 4 is 23.3 Å². The number of amides is 1. The van der Waals surface area contributed by atoms with E-state index in [4.69, 9.17) is 11.6 Å². The number of rotatable bonds is 8. The van der Waals surface area contributed by atoms with E-state index < -0.39 is 27.7 Å². The minimum atomic E-state index is -4.63. The Kier molecular flexibility index (Phi) is 6.88. The van der Waals surface area contributed by atoms with Gasteiger partial charge in [-0.05, 0) is 25.2 Å². The van der Waals surface area contributed by atoms with Crippen LogP contribution in [0.4, 0.5) is 19.0 Å². The second-order valence-corrected chi connectivity index (χ2v) is 6.98. The molecule has 2 rings (SSSR count). The third kappa shape index (κ3) is 5.46. The van der Waals surface area contributed by atoms with E-state index in [-0.39, 0.29) is 37.1 Å². The predicted molar refractivity (Wildman–Crippen MR) is 97.4 cm³/mol. The van der Waals surface area contributed by atoms with Gasteiger partial charge in [0.2, 0.25) is 5.91 Å². The molecule has 0 aliphatic carbocycles. The van der Waals surface area contributed by atoms with Gasteiger partial charge in [-0.25, -0.2) is 0 Å². The van der Waals surface area contributed by atoms with Crippen LogP contribution in [-0.4, -0.2) is 36.9 Å². The summed E-state index contributed by atoms with van der Waals surface area (Å²) in [5.74, 6) is -1.10. The lowest BCUT2D eigenvalue weighted by Gasteiger charge is -2.12. The molecule has 0 saturated heterocycles. The van der Waals surface area contributed by atoms with Crippen molar-refractivity contribution in [1.82, 2.24) is 24.9 Å². The normalized spacial score (nSPS) is 12.8. The second kappa shape index (κ2) is 8.80. The maximum absolute atomic E-state index is 12.8. The van der Waals surface area contributed by atoms with Crippen LogP contribution in [0.3, 0.4) is 0 Å². The average Bonchev–Trinajstić information content (AvgIpc) is 3.12. The molecule has 1 N–H and O–H groups in total. The summed E-state index contributed by atoms with van der Waals surface area (Å²) >= 11 is 5.69. The van der Waals surface area contributed by atoms with E-state index in [1.165, 1.54) is 17.7 Å². The zero-order valence-corrected chi connectivity index (χ0v) is 16.7. The smallest absolute Gasteiger partial charge is 0.358 e. The topological polar surface area (TPSA) is 108 Å². The van der Waals surface area contributed by atoms with E-state index in [1.54, 1.807) is 13.8 Å². The van der Waals surface area contributed by atoms with Crippen LogP contribution >= 0.6 is 11.6 Å². The molecule has 0 saturated carbocycles. The Morgan fingerprint density at radius 2 is 2.00 bits per heavy atom. The molecule has 1 unspecified atom stereocenters. The maximum atomic E-state index is 12.8. The van der Waals surface area contributed by atoms with Crippen LogP contribution in [0.1, 0.15) is 30.4 Å². The standard InChI is InChI=1S/C16H20ClF3N6O3/c1-9(8-25-10(2)7-12(22-25)26(28)29)15(27)21-5-4-6-24-11(3)13(17)14(23-24)16(18,19)20/h7,9H,4-6,8H2,1-3H3,(H,21,27). The van der Waals surface area contributed by atoms with E-state index in [2.05, 4.69) is 15.5 Å². The summed E-state index contributed by atoms with van der Waals surface area (Å²) in [5.41, 5.74) is -0.365. The fraction of sp³-hybridized carbons (Fsp3) is 0.562. The molecule has 29 heavy (non-hydrogen) atoms. The van der Waals surface area contributed by atoms with Crippen molar-refractivity contribution in [3.63, 3.8) is 0 Å². The number of hydrogen-bond acceptors (Lipinski definition) is 5. The van der Waals surface area contributed by atoms with Gasteiger partial charge >= 0.3 is 12.0 Å². The maximum Gasteiger partial charge on any atom is 0.436 e. The van der Waals surface area contributed by atoms with Crippen molar-refractivity contribution < 1.29 is 22.9 Å². The van der Waals surface area contributed by atoms with Crippen molar-refractivity contribution in [1.29, 1.82) is 0 Å². The van der Waals surface area contributed by atoms with Gasteiger partial charge in [-0.2, -0.15) is 23.0 Å². The highest BCUT2D eigenvalue weighted by Gasteiger charge is 2.38. The molecule has 0 aliphatic heterocycles. The molecule has 0 aromatic carbocycles. The first kappa shape index (κ1) is 22.7. The summed E-state index contributed by atoms with van der Waals surface area (Å²) in [5, 5.41) is 20.3. The number of aryl methyl sites for hydroxylation is 2. The third-order valence-corrected chi connectivity index (χ3v) is 4.75. The van der Waals surface area contributed by atoms with Crippen molar-refractivity contribution in [3.05, 3.63) is 38.3 Å². The van der Waals surface area contributed by atoms with Crippen molar-refractivity contribution in [3.8, 4) is 0 Å². The fourth-order valence-electron chi connectivity index (χ4n) is 2.65. The molecular weight excluding hydrogens is 417 g/mol. The second-order valence-electron chi connectivity index (χ2n) is 6.60. The van der Waals surface area contributed by atoms with Gasteiger partial charge in [-0.15, -0.1) is 0 Å². The van der Waals surface area contributed by atoms with Crippen LogP contribution in [0.2, 0.25) is 5.02 Å². The van der Waals surface area contributed by atoms with Gasteiger partial charge in [0, 0.05) is 13.1 Å². The fourth-order valence-corrected chi connectivity index (χ4v) is 2.89. The molecule has 0 spiro atoms. The summed E-state index contributed by atoms with van der Waals surface area (Å²) in [4.78, 5) is 22.3. The molecule has 0 bridgehead atoms. The van der Waals surface area contributed by atoms with Crippen LogP contribution in [0.15, 0.2) is 6.07 Å². The number of halogens is 4. The van der Waals surface area contributed by atoms with Crippen LogP contribution in [0.25, 0.3) is 0 Å². The highest BCUT2D eigenvalue weighted by molar-refractivity contribution is 6.31. The molecule has 2 aromatic rings. The van der Waals surface area contributed by atoms with E-state index in [0.29, 0.717) is 12.1 Å². The molecule has 13 heteroatoms. The molecule has 2 heterocycles. The molecule has 2 aromatic heterocycles. The minimum Gasteiger partial charge on any atom is -0.358 e. The zero-order valence-electron chi connectivity index (χ0n) is 16.0. The van der Waals surface area contributed by atoms with Gasteiger partial charge < -0.3 is 15.4 Å². The number of aromatic nitrogens is 4. The number of alkyl halides is 3. The first-order valence-corrected chi connectivity index (χ1v) is 9.06. The first-order valence-electron chi connectivity index (χ1n) is 8.68. The van der Waals surface area contributed by atoms with Crippen LogP contribution < -0.4 is 5.32 Å². The van der Waals surface area contributed by atoms with Gasteiger partial charge in [0.05, 0.1) is 40.0 Å². The largest absolute Gasteiger partial charge is 0.436 e. The van der Waals surface area contributed by atoms with Crippen molar-refractivity contribution in [2.24, 2.45) is 5.92 Å². The summed E-state index contributed by atoms with van der Waals surface area (Å²) < 4.78 is 41.0. The molecule has 160 valence electrons. The molecule has 9 nitrogen and oxygen atoms in total. The molecular formula is C16H20ClF3N6O3. The summed E-state index contributed by atoms with van der Waals surface area (Å²) in [6.45, 7) is 5.28. The molecule has 0 aliphatic rings. The van der Waals surface area contributed by atoms with E-state index in [9.17, 15) is 28.1 Å². The molecule has 0 fully saturated rings. The van der Waals surface area contributed by atoms with Gasteiger partial charge in [0.1, 0.15) is 0 Å². The average molecular weight is 437 g/mol. The monoisotopic (exact) mass is 436 g/mol. The van der Waals surface area contributed by atoms with Gasteiger partial charge in [0.25, 0.3) is 0 Å².